The Morgan fingerprint density at radius 2 is 1.73 bits per heavy atom. The van der Waals surface area contributed by atoms with Crippen molar-refractivity contribution in [3.8, 4) is 0 Å². The zero-order valence-electron chi connectivity index (χ0n) is 7.40. The normalized spacial score (nSPS) is 15.5. The molecule has 15 heavy (non-hydrogen) atoms. The molecule has 3 nitrogen and oxygen atoms in total. The summed E-state index contributed by atoms with van der Waals surface area (Å²) in [6, 6.07) is 5.28. The van der Waals surface area contributed by atoms with Gasteiger partial charge in [0.1, 0.15) is 5.82 Å². The van der Waals surface area contributed by atoms with Crippen LogP contribution in [0.5, 0.6) is 0 Å². The fraction of sp³-hybridized carbons (Fsp3) is 0.400. The first-order valence-electron chi connectivity index (χ1n) is 4.35. The van der Waals surface area contributed by atoms with Gasteiger partial charge >= 0.3 is 0 Å². The van der Waals surface area contributed by atoms with Crippen molar-refractivity contribution in [2.24, 2.45) is 0 Å². The molecule has 0 unspecified atom stereocenters. The highest BCUT2D eigenvalue weighted by molar-refractivity contribution is 7.93. The Labute approximate surface area is 89.4 Å². The van der Waals surface area contributed by atoms with Gasteiger partial charge in [0.2, 0.25) is 10.0 Å². The Morgan fingerprint density at radius 3 is 2.20 bits per heavy atom. The summed E-state index contributed by atoms with van der Waals surface area (Å²) in [6.45, 7) is 0. The summed E-state index contributed by atoms with van der Waals surface area (Å²) < 4.78 is 37.8. The number of halogens is 1. The first-order chi connectivity index (χ1) is 6.58. The van der Waals surface area contributed by atoms with Crippen molar-refractivity contribution in [1.29, 1.82) is 0 Å². The van der Waals surface area contributed by atoms with Crippen LogP contribution in [0.25, 0.3) is 0 Å². The SMILES string of the molecule is C.O=S(=O)(Nc1ccc(F)cc1)C1CC1. The molecule has 0 amide bonds. The summed E-state index contributed by atoms with van der Waals surface area (Å²) in [7, 11) is -3.23. The predicted octanol–water partition coefficient (Wildman–Crippen LogP) is 2.37. The molecule has 0 spiro atoms. The Hall–Kier alpha value is -1.10. The smallest absolute Gasteiger partial charge is 0.235 e. The highest BCUT2D eigenvalue weighted by Crippen LogP contribution is 2.29. The second-order valence-electron chi connectivity index (χ2n) is 3.35. The van der Waals surface area contributed by atoms with Crippen molar-refractivity contribution in [2.75, 3.05) is 4.72 Å². The molecule has 0 bridgehead atoms. The molecule has 1 aromatic rings. The maximum atomic E-state index is 12.5. The van der Waals surface area contributed by atoms with Gasteiger partial charge in [0, 0.05) is 5.69 Å². The van der Waals surface area contributed by atoms with Crippen molar-refractivity contribution in [3.63, 3.8) is 0 Å². The number of hydrogen-bond acceptors (Lipinski definition) is 2. The van der Waals surface area contributed by atoms with Crippen LogP contribution < -0.4 is 4.72 Å². The van der Waals surface area contributed by atoms with Gasteiger partial charge < -0.3 is 0 Å². The van der Waals surface area contributed by atoms with E-state index in [2.05, 4.69) is 4.72 Å². The molecule has 1 aliphatic rings. The molecule has 1 aromatic carbocycles. The highest BCUT2D eigenvalue weighted by Gasteiger charge is 2.35. The molecular formula is C10H14FNO2S. The molecule has 1 N–H and O–H groups in total. The summed E-state index contributed by atoms with van der Waals surface area (Å²) in [5.41, 5.74) is 0.415. The summed E-state index contributed by atoms with van der Waals surface area (Å²) in [6.07, 6.45) is 1.44. The van der Waals surface area contributed by atoms with E-state index in [0.717, 1.165) is 12.8 Å². The van der Waals surface area contributed by atoms with Crippen molar-refractivity contribution < 1.29 is 12.8 Å². The molecule has 0 heterocycles. The summed E-state index contributed by atoms with van der Waals surface area (Å²) in [5, 5.41) is -0.257. The van der Waals surface area contributed by atoms with E-state index in [1.54, 1.807) is 0 Å². The molecule has 0 radical (unpaired) electrons. The molecule has 0 atom stereocenters. The zero-order chi connectivity index (χ0) is 10.2. The number of benzene rings is 1. The molecule has 0 saturated heterocycles. The number of rotatable bonds is 3. The first-order valence-corrected chi connectivity index (χ1v) is 5.90. The minimum absolute atomic E-state index is 0. The van der Waals surface area contributed by atoms with E-state index >= 15 is 0 Å². The van der Waals surface area contributed by atoms with Crippen LogP contribution >= 0.6 is 0 Å². The maximum Gasteiger partial charge on any atom is 0.235 e. The van der Waals surface area contributed by atoms with Crippen molar-refractivity contribution >= 4 is 15.7 Å². The van der Waals surface area contributed by atoms with Gasteiger partial charge in [-0.1, -0.05) is 7.43 Å². The molecule has 0 aliphatic heterocycles. The van der Waals surface area contributed by atoms with E-state index < -0.39 is 10.0 Å². The minimum Gasteiger partial charge on any atom is -0.283 e. The van der Waals surface area contributed by atoms with E-state index in [9.17, 15) is 12.8 Å². The van der Waals surface area contributed by atoms with E-state index in [-0.39, 0.29) is 18.5 Å². The molecule has 2 rings (SSSR count). The van der Waals surface area contributed by atoms with Crippen molar-refractivity contribution in [2.45, 2.75) is 25.5 Å². The van der Waals surface area contributed by atoms with Gasteiger partial charge in [0.15, 0.2) is 0 Å². The Balaban J connectivity index is 0.00000112. The second-order valence-corrected chi connectivity index (χ2v) is 5.31. The lowest BCUT2D eigenvalue weighted by Gasteiger charge is -2.05. The van der Waals surface area contributed by atoms with Gasteiger partial charge in [-0.25, -0.2) is 12.8 Å². The highest BCUT2D eigenvalue weighted by atomic mass is 32.2. The van der Waals surface area contributed by atoms with E-state index in [0.29, 0.717) is 5.69 Å². The van der Waals surface area contributed by atoms with E-state index in [4.69, 9.17) is 0 Å². The Morgan fingerprint density at radius 1 is 1.20 bits per heavy atom. The third-order valence-electron chi connectivity index (χ3n) is 2.07. The van der Waals surface area contributed by atoms with Gasteiger partial charge in [0.25, 0.3) is 0 Å². The molecular weight excluding hydrogens is 217 g/mol. The fourth-order valence-corrected chi connectivity index (χ4v) is 2.53. The summed E-state index contributed by atoms with van der Waals surface area (Å²) in [5.74, 6) is -0.376. The predicted molar refractivity (Wildman–Crippen MR) is 58.7 cm³/mol. The van der Waals surface area contributed by atoms with Crippen LogP contribution in [0.2, 0.25) is 0 Å². The Bertz CT molecular complexity index is 423. The summed E-state index contributed by atoms with van der Waals surface area (Å²) >= 11 is 0. The molecule has 1 saturated carbocycles. The number of nitrogens with one attached hydrogen (secondary N) is 1. The van der Waals surface area contributed by atoms with Crippen LogP contribution in [0.15, 0.2) is 24.3 Å². The van der Waals surface area contributed by atoms with Gasteiger partial charge in [-0.2, -0.15) is 0 Å². The van der Waals surface area contributed by atoms with Crippen molar-refractivity contribution in [3.05, 3.63) is 30.1 Å². The number of sulfonamides is 1. The second kappa shape index (κ2) is 4.18. The quantitative estimate of drug-likeness (QED) is 0.868. The zero-order valence-corrected chi connectivity index (χ0v) is 8.22. The molecule has 5 heteroatoms. The van der Waals surface area contributed by atoms with Crippen LogP contribution in [0.3, 0.4) is 0 Å². The monoisotopic (exact) mass is 231 g/mol. The number of anilines is 1. The van der Waals surface area contributed by atoms with Crippen LogP contribution in [0.1, 0.15) is 20.3 Å². The molecule has 0 aromatic heterocycles. The lowest BCUT2D eigenvalue weighted by Crippen LogP contribution is -2.17. The largest absolute Gasteiger partial charge is 0.283 e. The van der Waals surface area contributed by atoms with Gasteiger partial charge in [-0.05, 0) is 37.1 Å². The van der Waals surface area contributed by atoms with Crippen LogP contribution in [0, 0.1) is 5.82 Å². The van der Waals surface area contributed by atoms with Gasteiger partial charge in [-0.15, -0.1) is 0 Å². The lowest BCUT2D eigenvalue weighted by molar-refractivity contribution is 0.599. The molecule has 1 aliphatic carbocycles. The van der Waals surface area contributed by atoms with Crippen LogP contribution in [-0.4, -0.2) is 13.7 Å². The van der Waals surface area contributed by atoms with Crippen molar-refractivity contribution in [1.82, 2.24) is 0 Å². The third kappa shape index (κ3) is 2.92. The average molecular weight is 231 g/mol. The Kier molecular flexibility index (Phi) is 3.34. The van der Waals surface area contributed by atoms with Gasteiger partial charge in [-0.3, -0.25) is 4.72 Å². The fourth-order valence-electron chi connectivity index (χ4n) is 1.14. The van der Waals surface area contributed by atoms with E-state index in [1.165, 1.54) is 24.3 Å². The molecule has 84 valence electrons. The summed E-state index contributed by atoms with van der Waals surface area (Å²) in [4.78, 5) is 0. The average Bonchev–Trinajstić information content (AvgIpc) is 2.91. The molecule has 1 fully saturated rings. The lowest BCUT2D eigenvalue weighted by atomic mass is 10.3. The maximum absolute atomic E-state index is 12.5. The topological polar surface area (TPSA) is 46.2 Å². The van der Waals surface area contributed by atoms with Crippen LogP contribution in [-0.2, 0) is 10.0 Å². The third-order valence-corrected chi connectivity index (χ3v) is 3.94. The van der Waals surface area contributed by atoms with Crippen LogP contribution in [0.4, 0.5) is 10.1 Å². The first kappa shape index (κ1) is 12.0. The number of hydrogen-bond donors (Lipinski definition) is 1. The standard InChI is InChI=1S/C9H10FNO2S.CH4/c10-7-1-3-8(4-2-7)11-14(12,13)9-5-6-9;/h1-4,9,11H,5-6H2;1H4. The van der Waals surface area contributed by atoms with E-state index in [1.807, 2.05) is 0 Å². The minimum atomic E-state index is -3.23. The van der Waals surface area contributed by atoms with Gasteiger partial charge in [0.05, 0.1) is 5.25 Å².